The Bertz CT molecular complexity index is 929. The van der Waals surface area contributed by atoms with Gasteiger partial charge in [-0.25, -0.2) is 4.98 Å². The molecule has 4 rings (SSSR count). The molecular formula is C21H22N4O. The zero-order valence-corrected chi connectivity index (χ0v) is 15.1. The molecule has 0 spiro atoms. The van der Waals surface area contributed by atoms with Crippen molar-refractivity contribution >= 4 is 5.91 Å². The summed E-state index contributed by atoms with van der Waals surface area (Å²) in [6.07, 6.45) is 3.96. The molecule has 0 fully saturated rings. The smallest absolute Gasteiger partial charge is 0.291 e. The number of hydrogen-bond acceptors (Lipinski definition) is 3. The van der Waals surface area contributed by atoms with Crippen LogP contribution in [0.25, 0.3) is 22.5 Å². The minimum absolute atomic E-state index is 0.0219. The fourth-order valence-electron chi connectivity index (χ4n) is 3.43. The molecule has 5 nitrogen and oxygen atoms in total. The molecule has 1 aliphatic heterocycles. The molecule has 0 bridgehead atoms. The molecule has 0 saturated carbocycles. The van der Waals surface area contributed by atoms with E-state index in [2.05, 4.69) is 35.1 Å². The second-order valence-electron chi connectivity index (χ2n) is 6.66. The fraction of sp³-hybridized carbons (Fsp3) is 0.286. The predicted molar refractivity (Wildman–Crippen MR) is 102 cm³/mol. The third-order valence-electron chi connectivity index (χ3n) is 4.83. The highest BCUT2D eigenvalue weighted by atomic mass is 16.2. The van der Waals surface area contributed by atoms with E-state index < -0.39 is 0 Å². The standard InChI is InChI=1S/C21H22N4O/c1-3-4-12-24-14-25-19(15(2)23-20(25)21(24)26)18-11-10-17(13-22-18)16-8-6-5-7-9-16/h5-11,13H,3-4,12,14H2,1-2H3. The van der Waals surface area contributed by atoms with E-state index in [0.29, 0.717) is 12.5 Å². The first-order chi connectivity index (χ1) is 12.7. The van der Waals surface area contributed by atoms with Gasteiger partial charge in [0.25, 0.3) is 5.91 Å². The molecule has 1 aromatic carbocycles. The summed E-state index contributed by atoms with van der Waals surface area (Å²) in [5.74, 6) is 0.552. The number of rotatable bonds is 5. The molecule has 0 saturated heterocycles. The molecule has 0 N–H and O–H groups in total. The number of aryl methyl sites for hydroxylation is 1. The summed E-state index contributed by atoms with van der Waals surface area (Å²) in [6, 6.07) is 14.3. The summed E-state index contributed by atoms with van der Waals surface area (Å²) >= 11 is 0. The van der Waals surface area contributed by atoms with E-state index in [4.69, 9.17) is 0 Å². The highest BCUT2D eigenvalue weighted by Crippen LogP contribution is 2.29. The summed E-state index contributed by atoms with van der Waals surface area (Å²) in [6.45, 7) is 5.41. The number of unbranched alkanes of at least 4 members (excludes halogenated alkanes) is 1. The van der Waals surface area contributed by atoms with Crippen LogP contribution in [0.5, 0.6) is 0 Å². The number of aromatic nitrogens is 3. The maximum atomic E-state index is 12.6. The van der Waals surface area contributed by atoms with E-state index in [0.717, 1.165) is 47.6 Å². The van der Waals surface area contributed by atoms with Crippen molar-refractivity contribution in [2.45, 2.75) is 33.4 Å². The fourth-order valence-corrected chi connectivity index (χ4v) is 3.43. The number of fused-ring (bicyclic) bond motifs is 1. The van der Waals surface area contributed by atoms with Crippen molar-refractivity contribution in [1.82, 2.24) is 19.4 Å². The Morgan fingerprint density at radius 1 is 1.08 bits per heavy atom. The number of pyridine rings is 1. The average Bonchev–Trinajstić information content (AvgIpc) is 3.16. The molecule has 5 heteroatoms. The number of carbonyl (C=O) groups excluding carboxylic acids is 1. The third-order valence-corrected chi connectivity index (χ3v) is 4.83. The number of hydrogen-bond donors (Lipinski definition) is 0. The molecule has 0 atom stereocenters. The van der Waals surface area contributed by atoms with Crippen LogP contribution in [0.15, 0.2) is 48.7 Å². The van der Waals surface area contributed by atoms with Gasteiger partial charge in [-0.15, -0.1) is 0 Å². The van der Waals surface area contributed by atoms with Crippen LogP contribution in [-0.4, -0.2) is 31.9 Å². The Hall–Kier alpha value is -2.95. The first-order valence-corrected chi connectivity index (χ1v) is 9.07. The second-order valence-corrected chi connectivity index (χ2v) is 6.66. The lowest BCUT2D eigenvalue weighted by atomic mass is 10.1. The van der Waals surface area contributed by atoms with Gasteiger partial charge in [-0.05, 0) is 25.0 Å². The van der Waals surface area contributed by atoms with E-state index in [9.17, 15) is 4.79 Å². The second kappa shape index (κ2) is 6.75. The average molecular weight is 346 g/mol. The van der Waals surface area contributed by atoms with E-state index in [1.807, 2.05) is 46.9 Å². The van der Waals surface area contributed by atoms with Crippen LogP contribution in [-0.2, 0) is 6.67 Å². The number of amides is 1. The molecule has 3 heterocycles. The minimum Gasteiger partial charge on any atom is -0.318 e. The summed E-state index contributed by atoms with van der Waals surface area (Å²) in [5, 5.41) is 0. The highest BCUT2D eigenvalue weighted by Gasteiger charge is 2.32. The van der Waals surface area contributed by atoms with Gasteiger partial charge in [-0.2, -0.15) is 0 Å². The minimum atomic E-state index is 0.0219. The van der Waals surface area contributed by atoms with E-state index >= 15 is 0 Å². The Morgan fingerprint density at radius 3 is 2.58 bits per heavy atom. The predicted octanol–water partition coefficient (Wildman–Crippen LogP) is 4.13. The van der Waals surface area contributed by atoms with Crippen LogP contribution in [0.4, 0.5) is 0 Å². The Labute approximate surface area is 153 Å². The van der Waals surface area contributed by atoms with Gasteiger partial charge in [-0.3, -0.25) is 14.3 Å². The summed E-state index contributed by atoms with van der Waals surface area (Å²) < 4.78 is 2.00. The largest absolute Gasteiger partial charge is 0.318 e. The van der Waals surface area contributed by atoms with Crippen molar-refractivity contribution in [3.8, 4) is 22.5 Å². The first kappa shape index (κ1) is 16.5. The highest BCUT2D eigenvalue weighted by molar-refractivity contribution is 5.93. The lowest BCUT2D eigenvalue weighted by Crippen LogP contribution is -2.26. The van der Waals surface area contributed by atoms with Crippen LogP contribution in [0.1, 0.15) is 36.1 Å². The maximum Gasteiger partial charge on any atom is 0.291 e. The molecule has 26 heavy (non-hydrogen) atoms. The zero-order valence-electron chi connectivity index (χ0n) is 15.1. The topological polar surface area (TPSA) is 51.0 Å². The molecule has 1 aliphatic rings. The number of benzene rings is 1. The zero-order chi connectivity index (χ0) is 18.1. The number of imidazole rings is 1. The van der Waals surface area contributed by atoms with Gasteiger partial charge in [-0.1, -0.05) is 49.7 Å². The van der Waals surface area contributed by atoms with Gasteiger partial charge in [0.15, 0.2) is 0 Å². The maximum absolute atomic E-state index is 12.6. The molecule has 0 radical (unpaired) electrons. The van der Waals surface area contributed by atoms with Gasteiger partial charge in [0.05, 0.1) is 23.8 Å². The molecular weight excluding hydrogens is 324 g/mol. The van der Waals surface area contributed by atoms with Gasteiger partial charge >= 0.3 is 0 Å². The number of nitrogens with zero attached hydrogens (tertiary/aromatic N) is 4. The van der Waals surface area contributed by atoms with Crippen LogP contribution in [0.2, 0.25) is 0 Å². The SMILES string of the molecule is CCCCN1Cn2c(nc(C)c2-c2ccc(-c3ccccc3)cn2)C1=O. The van der Waals surface area contributed by atoms with Gasteiger partial charge in [0.1, 0.15) is 0 Å². The molecule has 3 aromatic rings. The van der Waals surface area contributed by atoms with Crippen LogP contribution in [0, 0.1) is 6.92 Å². The van der Waals surface area contributed by atoms with Gasteiger partial charge in [0, 0.05) is 18.3 Å². The molecule has 132 valence electrons. The van der Waals surface area contributed by atoms with Crippen LogP contribution >= 0.6 is 0 Å². The van der Waals surface area contributed by atoms with Crippen molar-refractivity contribution in [2.75, 3.05) is 6.54 Å². The van der Waals surface area contributed by atoms with Crippen molar-refractivity contribution in [1.29, 1.82) is 0 Å². The molecule has 2 aromatic heterocycles. The molecule has 0 unspecified atom stereocenters. The van der Waals surface area contributed by atoms with Crippen molar-refractivity contribution < 1.29 is 4.79 Å². The van der Waals surface area contributed by atoms with Crippen molar-refractivity contribution in [2.24, 2.45) is 0 Å². The van der Waals surface area contributed by atoms with Crippen LogP contribution in [0.3, 0.4) is 0 Å². The summed E-state index contributed by atoms with van der Waals surface area (Å²) in [4.78, 5) is 23.6. The first-order valence-electron chi connectivity index (χ1n) is 9.07. The third kappa shape index (κ3) is 2.79. The Morgan fingerprint density at radius 2 is 1.88 bits per heavy atom. The summed E-state index contributed by atoms with van der Waals surface area (Å²) in [7, 11) is 0. The normalized spacial score (nSPS) is 13.3. The van der Waals surface area contributed by atoms with E-state index in [1.54, 1.807) is 0 Å². The lowest BCUT2D eigenvalue weighted by molar-refractivity contribution is 0.0763. The van der Waals surface area contributed by atoms with Crippen molar-refractivity contribution in [3.05, 3.63) is 60.2 Å². The quantitative estimate of drug-likeness (QED) is 0.698. The Balaban J connectivity index is 1.66. The van der Waals surface area contributed by atoms with Gasteiger partial charge in [0.2, 0.25) is 5.82 Å². The summed E-state index contributed by atoms with van der Waals surface area (Å²) in [5.41, 5.74) is 4.86. The van der Waals surface area contributed by atoms with Crippen molar-refractivity contribution in [3.63, 3.8) is 0 Å². The molecule has 0 aliphatic carbocycles. The van der Waals surface area contributed by atoms with E-state index in [1.165, 1.54) is 0 Å². The lowest BCUT2D eigenvalue weighted by Gasteiger charge is -2.15. The Kier molecular flexibility index (Phi) is 4.29. The van der Waals surface area contributed by atoms with Crippen LogP contribution < -0.4 is 0 Å². The number of carbonyl (C=O) groups is 1. The monoisotopic (exact) mass is 346 g/mol. The van der Waals surface area contributed by atoms with E-state index in [-0.39, 0.29) is 5.91 Å². The molecule has 1 amide bonds. The van der Waals surface area contributed by atoms with Gasteiger partial charge < -0.3 is 4.90 Å².